The molecule has 0 saturated carbocycles. The molecule has 26 heavy (non-hydrogen) atoms. The Bertz CT molecular complexity index is 907. The molecule has 3 nitrogen and oxygen atoms in total. The number of ether oxygens (including phenoxy) is 1. The van der Waals surface area contributed by atoms with Crippen molar-refractivity contribution in [1.29, 1.82) is 0 Å². The van der Waals surface area contributed by atoms with Crippen molar-refractivity contribution < 1.29 is 13.9 Å². The van der Waals surface area contributed by atoms with Crippen molar-refractivity contribution in [3.05, 3.63) is 80.4 Å². The molecule has 2 aromatic heterocycles. The second-order valence-electron chi connectivity index (χ2n) is 5.74. The summed E-state index contributed by atoms with van der Waals surface area (Å²) in [5.41, 5.74) is 0. The summed E-state index contributed by atoms with van der Waals surface area (Å²) in [6, 6.07) is 15.3. The molecule has 0 atom stereocenters. The Balaban J connectivity index is 1.58. The summed E-state index contributed by atoms with van der Waals surface area (Å²) >= 11 is 5.00. The van der Waals surface area contributed by atoms with Crippen LogP contribution in [0.25, 0.3) is 6.08 Å². The third-order valence-corrected chi connectivity index (χ3v) is 5.50. The highest BCUT2D eigenvalue weighted by molar-refractivity contribution is 9.10. The molecule has 0 aliphatic rings. The van der Waals surface area contributed by atoms with Gasteiger partial charge in [0.2, 0.25) is 0 Å². The Morgan fingerprint density at radius 3 is 2.85 bits per heavy atom. The lowest BCUT2D eigenvalue weighted by atomic mass is 10.2. The normalized spacial score (nSPS) is 11.2. The monoisotopic (exact) mass is 430 g/mol. The van der Waals surface area contributed by atoms with Crippen LogP contribution >= 0.6 is 27.3 Å². The Kier molecular flexibility index (Phi) is 6.47. The predicted molar refractivity (Wildman–Crippen MR) is 109 cm³/mol. The van der Waals surface area contributed by atoms with E-state index in [-0.39, 0.29) is 5.78 Å². The van der Waals surface area contributed by atoms with Crippen molar-refractivity contribution in [2.75, 3.05) is 0 Å². The summed E-state index contributed by atoms with van der Waals surface area (Å²) in [7, 11) is 0. The third kappa shape index (κ3) is 4.96. The molecule has 0 bridgehead atoms. The average molecular weight is 431 g/mol. The zero-order valence-corrected chi connectivity index (χ0v) is 16.8. The molecule has 0 spiro atoms. The molecule has 134 valence electrons. The first-order valence-corrected chi connectivity index (χ1v) is 10.0. The molecule has 1 aromatic carbocycles. The molecular weight excluding hydrogens is 412 g/mol. The molecule has 3 aromatic rings. The molecule has 0 amide bonds. The second-order valence-corrected chi connectivity index (χ2v) is 7.76. The molecule has 2 heterocycles. The van der Waals surface area contributed by atoms with E-state index in [0.29, 0.717) is 18.1 Å². The Morgan fingerprint density at radius 2 is 2.04 bits per heavy atom. The lowest BCUT2D eigenvalue weighted by Crippen LogP contribution is -1.94. The van der Waals surface area contributed by atoms with Gasteiger partial charge < -0.3 is 9.15 Å². The fourth-order valence-corrected chi connectivity index (χ4v) is 3.83. The van der Waals surface area contributed by atoms with Crippen LogP contribution < -0.4 is 4.74 Å². The predicted octanol–water partition coefficient (Wildman–Crippen LogP) is 6.53. The lowest BCUT2D eigenvalue weighted by Gasteiger charge is -2.05. The summed E-state index contributed by atoms with van der Waals surface area (Å²) in [5.74, 6) is 2.10. The minimum atomic E-state index is -0.000214. The summed E-state index contributed by atoms with van der Waals surface area (Å²) in [5, 5.41) is 0. The van der Waals surface area contributed by atoms with Gasteiger partial charge in [-0.3, -0.25) is 4.79 Å². The van der Waals surface area contributed by atoms with E-state index in [1.54, 1.807) is 23.5 Å². The van der Waals surface area contributed by atoms with E-state index in [2.05, 4.69) is 22.9 Å². The molecule has 0 N–H and O–H groups in total. The number of halogens is 1. The Hall–Kier alpha value is -2.11. The number of benzene rings is 1. The Morgan fingerprint density at radius 1 is 1.19 bits per heavy atom. The number of thiophene rings is 1. The van der Waals surface area contributed by atoms with E-state index in [0.717, 1.165) is 27.9 Å². The number of para-hydroxylation sites is 1. The van der Waals surface area contributed by atoms with Gasteiger partial charge in [0.1, 0.15) is 23.9 Å². The van der Waals surface area contributed by atoms with Gasteiger partial charge in [0, 0.05) is 4.88 Å². The summed E-state index contributed by atoms with van der Waals surface area (Å²) in [4.78, 5) is 14.2. The molecule has 0 unspecified atom stereocenters. The summed E-state index contributed by atoms with van der Waals surface area (Å²) in [6.07, 6.45) is 5.35. The maximum Gasteiger partial charge on any atom is 0.195 e. The van der Waals surface area contributed by atoms with E-state index < -0.39 is 0 Å². The van der Waals surface area contributed by atoms with E-state index in [1.165, 1.54) is 4.88 Å². The zero-order chi connectivity index (χ0) is 18.4. The smallest absolute Gasteiger partial charge is 0.195 e. The molecule has 5 heteroatoms. The molecule has 0 fully saturated rings. The third-order valence-electron chi connectivity index (χ3n) is 3.69. The van der Waals surface area contributed by atoms with Gasteiger partial charge in [0.15, 0.2) is 5.78 Å². The fourth-order valence-electron chi connectivity index (χ4n) is 2.40. The van der Waals surface area contributed by atoms with E-state index in [4.69, 9.17) is 9.15 Å². The van der Waals surface area contributed by atoms with Crippen molar-refractivity contribution in [1.82, 2.24) is 0 Å². The van der Waals surface area contributed by atoms with Crippen LogP contribution in [0.4, 0.5) is 0 Å². The molecule has 0 saturated heterocycles. The van der Waals surface area contributed by atoms with Gasteiger partial charge in [0.25, 0.3) is 0 Å². The molecular formula is C21H19BrO3S. The highest BCUT2D eigenvalue weighted by atomic mass is 79.9. The number of carbonyl (C=O) groups excluding carboxylic acids is 1. The number of aryl methyl sites for hydroxylation is 1. The topological polar surface area (TPSA) is 39.4 Å². The van der Waals surface area contributed by atoms with Crippen LogP contribution in [-0.4, -0.2) is 5.78 Å². The minimum Gasteiger partial charge on any atom is -0.484 e. The average Bonchev–Trinajstić information content (AvgIpc) is 3.29. The number of hydrogen-bond donors (Lipinski definition) is 0. The van der Waals surface area contributed by atoms with Gasteiger partial charge >= 0.3 is 0 Å². The van der Waals surface area contributed by atoms with Gasteiger partial charge in [0.05, 0.1) is 9.35 Å². The maximum absolute atomic E-state index is 12.2. The maximum atomic E-state index is 12.2. The zero-order valence-electron chi connectivity index (χ0n) is 14.4. The van der Waals surface area contributed by atoms with Crippen LogP contribution in [0, 0.1) is 0 Å². The highest BCUT2D eigenvalue weighted by Crippen LogP contribution is 2.25. The first kappa shape index (κ1) is 18.7. The van der Waals surface area contributed by atoms with Crippen molar-refractivity contribution in [2.24, 2.45) is 0 Å². The van der Waals surface area contributed by atoms with Crippen molar-refractivity contribution in [3.8, 4) is 5.75 Å². The standard InChI is InChI=1S/C21H19BrO3S/c1-2-5-17-11-13-21(26-17)19(23)12-10-15-8-9-16(25-15)14-24-20-7-4-3-6-18(20)22/h3-4,6-13H,2,5,14H2,1H3/b12-10+. The highest BCUT2D eigenvalue weighted by Gasteiger charge is 2.07. The number of furan rings is 1. The van der Waals surface area contributed by atoms with Crippen molar-refractivity contribution in [3.63, 3.8) is 0 Å². The Labute approximate surface area is 165 Å². The number of carbonyl (C=O) groups is 1. The van der Waals surface area contributed by atoms with Gasteiger partial charge in [-0.15, -0.1) is 11.3 Å². The lowest BCUT2D eigenvalue weighted by molar-refractivity contribution is 0.105. The van der Waals surface area contributed by atoms with Crippen LogP contribution in [-0.2, 0) is 13.0 Å². The van der Waals surface area contributed by atoms with Gasteiger partial charge in [-0.1, -0.05) is 25.5 Å². The van der Waals surface area contributed by atoms with Crippen molar-refractivity contribution in [2.45, 2.75) is 26.4 Å². The largest absolute Gasteiger partial charge is 0.484 e. The van der Waals surface area contributed by atoms with E-state index in [9.17, 15) is 4.79 Å². The van der Waals surface area contributed by atoms with Gasteiger partial charge in [-0.2, -0.15) is 0 Å². The number of rotatable bonds is 8. The summed E-state index contributed by atoms with van der Waals surface area (Å²) in [6.45, 7) is 2.46. The first-order valence-electron chi connectivity index (χ1n) is 8.43. The number of allylic oxidation sites excluding steroid dienone is 1. The minimum absolute atomic E-state index is 0.000214. The van der Waals surface area contributed by atoms with Crippen LogP contribution in [0.2, 0.25) is 0 Å². The van der Waals surface area contributed by atoms with Crippen molar-refractivity contribution >= 4 is 39.1 Å². The van der Waals surface area contributed by atoms with Crippen LogP contribution in [0.3, 0.4) is 0 Å². The molecule has 0 aliphatic heterocycles. The number of hydrogen-bond acceptors (Lipinski definition) is 4. The number of ketones is 1. The SMILES string of the molecule is CCCc1ccc(C(=O)/C=C/c2ccc(COc3ccccc3Br)o2)s1. The second kappa shape index (κ2) is 9.01. The first-order chi connectivity index (χ1) is 12.7. The summed E-state index contributed by atoms with van der Waals surface area (Å²) < 4.78 is 12.3. The van der Waals surface area contributed by atoms with E-state index >= 15 is 0 Å². The molecule has 0 aliphatic carbocycles. The van der Waals surface area contributed by atoms with Gasteiger partial charge in [-0.05, 0) is 70.9 Å². The van der Waals surface area contributed by atoms with Gasteiger partial charge in [-0.25, -0.2) is 0 Å². The molecule has 0 radical (unpaired) electrons. The quantitative estimate of drug-likeness (QED) is 0.301. The fraction of sp³-hybridized carbons (Fsp3) is 0.190. The van der Waals surface area contributed by atoms with Crippen LogP contribution in [0.5, 0.6) is 5.75 Å². The molecule has 3 rings (SSSR count). The van der Waals surface area contributed by atoms with E-state index in [1.807, 2.05) is 48.5 Å². The van der Waals surface area contributed by atoms with Crippen LogP contribution in [0.1, 0.15) is 39.4 Å². The van der Waals surface area contributed by atoms with Crippen LogP contribution in [0.15, 0.2) is 63.5 Å².